The average molecular weight is 545 g/mol. The molecular weight excluding hydrogens is 508 g/mol. The maximum Gasteiger partial charge on any atom is 0.204 e. The molecule has 1 saturated heterocycles. The van der Waals surface area contributed by atoms with Gasteiger partial charge in [0, 0.05) is 57.0 Å². The highest BCUT2D eigenvalue weighted by Crippen LogP contribution is 2.42. The Hall–Kier alpha value is -4.01. The third-order valence-electron chi connectivity index (χ3n) is 7.24. The van der Waals surface area contributed by atoms with Crippen LogP contribution in [-0.2, 0) is 6.54 Å². The highest BCUT2D eigenvalue weighted by molar-refractivity contribution is 5.90. The lowest BCUT2D eigenvalue weighted by Crippen LogP contribution is -2.46. The Labute approximate surface area is 234 Å². The zero-order chi connectivity index (χ0) is 27.9. The van der Waals surface area contributed by atoms with Gasteiger partial charge in [0.05, 0.1) is 27.9 Å². The van der Waals surface area contributed by atoms with Crippen LogP contribution in [0.4, 0.5) is 0 Å². The second kappa shape index (κ2) is 12.9. The fourth-order valence-corrected chi connectivity index (χ4v) is 5.16. The van der Waals surface area contributed by atoms with Gasteiger partial charge in [0.2, 0.25) is 5.75 Å². The number of piperazine rings is 1. The molecule has 8 heteroatoms. The fourth-order valence-electron chi connectivity index (χ4n) is 5.16. The SMILES string of the molecule is COc1cc2oc(-c3cccc(OCCCN4CCN(Cc5ccccc5)CC4)c3)cc(=O)c2c(OC)c1OC. The normalized spacial score (nSPS) is 14.3. The number of benzene rings is 3. The minimum atomic E-state index is -0.232. The third-order valence-corrected chi connectivity index (χ3v) is 7.24. The number of nitrogens with zero attached hydrogens (tertiary/aromatic N) is 2. The summed E-state index contributed by atoms with van der Waals surface area (Å²) < 4.78 is 28.5. The monoisotopic (exact) mass is 544 g/mol. The Morgan fingerprint density at radius 1 is 0.800 bits per heavy atom. The molecule has 1 fully saturated rings. The molecule has 210 valence electrons. The molecule has 1 aliphatic heterocycles. The second-order valence-electron chi connectivity index (χ2n) is 9.83. The van der Waals surface area contributed by atoms with Crippen LogP contribution in [0.2, 0.25) is 0 Å². The van der Waals surface area contributed by atoms with Gasteiger partial charge < -0.3 is 28.3 Å². The van der Waals surface area contributed by atoms with E-state index >= 15 is 0 Å². The minimum Gasteiger partial charge on any atom is -0.494 e. The molecule has 1 aliphatic rings. The molecule has 5 rings (SSSR count). The summed E-state index contributed by atoms with van der Waals surface area (Å²) in [5, 5.41) is 0.303. The first kappa shape index (κ1) is 27.6. The number of rotatable bonds is 11. The summed E-state index contributed by atoms with van der Waals surface area (Å²) in [5.41, 5.74) is 2.24. The van der Waals surface area contributed by atoms with Crippen molar-refractivity contribution in [3.8, 4) is 34.3 Å². The summed E-state index contributed by atoms with van der Waals surface area (Å²) in [5.74, 6) is 2.22. The quantitative estimate of drug-likeness (QED) is 0.242. The van der Waals surface area contributed by atoms with Gasteiger partial charge in [0.25, 0.3) is 0 Å². The van der Waals surface area contributed by atoms with Crippen molar-refractivity contribution >= 4 is 11.0 Å². The number of methoxy groups -OCH3 is 3. The van der Waals surface area contributed by atoms with E-state index in [0.29, 0.717) is 34.8 Å². The van der Waals surface area contributed by atoms with Crippen molar-refractivity contribution in [3.05, 3.63) is 82.5 Å². The highest BCUT2D eigenvalue weighted by Gasteiger charge is 2.21. The van der Waals surface area contributed by atoms with Crippen molar-refractivity contribution in [3.63, 3.8) is 0 Å². The Balaban J connectivity index is 1.18. The van der Waals surface area contributed by atoms with Crippen LogP contribution >= 0.6 is 0 Å². The lowest BCUT2D eigenvalue weighted by molar-refractivity contribution is 0.121. The van der Waals surface area contributed by atoms with Crippen LogP contribution < -0.4 is 24.4 Å². The lowest BCUT2D eigenvalue weighted by Gasteiger charge is -2.34. The van der Waals surface area contributed by atoms with Crippen molar-refractivity contribution in [2.45, 2.75) is 13.0 Å². The van der Waals surface area contributed by atoms with Crippen LogP contribution in [0.15, 0.2) is 75.9 Å². The Morgan fingerprint density at radius 3 is 2.27 bits per heavy atom. The molecule has 0 saturated carbocycles. The molecule has 8 nitrogen and oxygen atoms in total. The van der Waals surface area contributed by atoms with E-state index in [-0.39, 0.29) is 11.2 Å². The second-order valence-corrected chi connectivity index (χ2v) is 9.83. The van der Waals surface area contributed by atoms with Crippen LogP contribution in [0, 0.1) is 0 Å². The molecule has 40 heavy (non-hydrogen) atoms. The topological polar surface area (TPSA) is 73.6 Å². The van der Waals surface area contributed by atoms with E-state index in [1.165, 1.54) is 33.0 Å². The van der Waals surface area contributed by atoms with Crippen molar-refractivity contribution in [1.82, 2.24) is 9.80 Å². The Kier molecular flexibility index (Phi) is 8.88. The summed E-state index contributed by atoms with van der Waals surface area (Å²) in [6, 6.07) is 21.4. The first-order valence-electron chi connectivity index (χ1n) is 13.6. The van der Waals surface area contributed by atoms with Crippen LogP contribution in [0.3, 0.4) is 0 Å². The zero-order valence-electron chi connectivity index (χ0n) is 23.4. The van der Waals surface area contributed by atoms with Crippen molar-refractivity contribution in [2.75, 3.05) is 60.7 Å². The Bertz CT molecular complexity index is 1480. The van der Waals surface area contributed by atoms with E-state index in [2.05, 4.69) is 40.1 Å². The molecule has 1 aromatic heterocycles. The zero-order valence-corrected chi connectivity index (χ0v) is 23.4. The molecule has 2 heterocycles. The number of hydrogen-bond acceptors (Lipinski definition) is 8. The van der Waals surface area contributed by atoms with Gasteiger partial charge in [-0.25, -0.2) is 0 Å². The predicted molar refractivity (Wildman–Crippen MR) is 156 cm³/mol. The van der Waals surface area contributed by atoms with E-state index in [1.54, 1.807) is 6.07 Å². The first-order chi connectivity index (χ1) is 19.6. The smallest absolute Gasteiger partial charge is 0.204 e. The molecule has 0 N–H and O–H groups in total. The molecule has 0 bridgehead atoms. The third kappa shape index (κ3) is 6.24. The predicted octanol–water partition coefficient (Wildman–Crippen LogP) is 5.07. The van der Waals surface area contributed by atoms with Gasteiger partial charge in [-0.2, -0.15) is 0 Å². The molecule has 0 unspecified atom stereocenters. The molecule has 0 radical (unpaired) electrons. The minimum absolute atomic E-state index is 0.232. The van der Waals surface area contributed by atoms with E-state index in [9.17, 15) is 4.79 Å². The van der Waals surface area contributed by atoms with Crippen molar-refractivity contribution in [1.29, 1.82) is 0 Å². The Morgan fingerprint density at radius 2 is 1.55 bits per heavy atom. The van der Waals surface area contributed by atoms with Crippen LogP contribution in [0.1, 0.15) is 12.0 Å². The maximum absolute atomic E-state index is 13.1. The van der Waals surface area contributed by atoms with E-state index in [0.717, 1.165) is 57.0 Å². The highest BCUT2D eigenvalue weighted by atomic mass is 16.5. The molecule has 0 amide bonds. The van der Waals surface area contributed by atoms with Gasteiger partial charge in [-0.05, 0) is 24.1 Å². The lowest BCUT2D eigenvalue weighted by atomic mass is 10.1. The number of fused-ring (bicyclic) bond motifs is 1. The van der Waals surface area contributed by atoms with Gasteiger partial charge in [0.15, 0.2) is 16.9 Å². The molecule has 0 spiro atoms. The summed E-state index contributed by atoms with van der Waals surface area (Å²) >= 11 is 0. The van der Waals surface area contributed by atoms with Gasteiger partial charge >= 0.3 is 0 Å². The summed E-state index contributed by atoms with van der Waals surface area (Å²) in [6.45, 7) is 6.95. The van der Waals surface area contributed by atoms with Gasteiger partial charge in [-0.1, -0.05) is 42.5 Å². The number of ether oxygens (including phenoxy) is 4. The van der Waals surface area contributed by atoms with E-state index in [1.807, 2.05) is 24.3 Å². The van der Waals surface area contributed by atoms with Gasteiger partial charge in [-0.15, -0.1) is 0 Å². The standard InChI is InChI=1S/C32H36N2O6/c1-36-29-21-28-30(32(38-3)31(29)37-2)26(35)20-27(40-28)24-11-7-12-25(19-24)39-18-8-13-33-14-16-34(17-15-33)22-23-9-5-4-6-10-23/h4-7,9-12,19-21H,8,13-18,22H2,1-3H3. The summed E-state index contributed by atoms with van der Waals surface area (Å²) in [6.07, 6.45) is 0.940. The maximum atomic E-state index is 13.1. The molecule has 4 aromatic rings. The average Bonchev–Trinajstić information content (AvgIpc) is 2.99. The van der Waals surface area contributed by atoms with E-state index in [4.69, 9.17) is 23.4 Å². The molecule has 0 aliphatic carbocycles. The summed E-state index contributed by atoms with van der Waals surface area (Å²) in [7, 11) is 4.51. The van der Waals surface area contributed by atoms with Crippen LogP contribution in [-0.4, -0.2) is 70.5 Å². The van der Waals surface area contributed by atoms with E-state index < -0.39 is 0 Å². The van der Waals surface area contributed by atoms with Gasteiger partial charge in [0.1, 0.15) is 22.5 Å². The van der Waals surface area contributed by atoms with Gasteiger partial charge in [-0.3, -0.25) is 9.69 Å². The van der Waals surface area contributed by atoms with Crippen LogP contribution in [0.5, 0.6) is 23.0 Å². The molecule has 3 aromatic carbocycles. The first-order valence-corrected chi connectivity index (χ1v) is 13.6. The fraction of sp³-hybridized carbons (Fsp3) is 0.344. The number of hydrogen-bond donors (Lipinski definition) is 0. The largest absolute Gasteiger partial charge is 0.494 e. The van der Waals surface area contributed by atoms with Crippen molar-refractivity contribution in [2.24, 2.45) is 0 Å². The summed E-state index contributed by atoms with van der Waals surface area (Å²) in [4.78, 5) is 18.1. The molecule has 0 atom stereocenters. The molecular formula is C32H36N2O6. The van der Waals surface area contributed by atoms with Crippen LogP contribution in [0.25, 0.3) is 22.3 Å². The van der Waals surface area contributed by atoms with Crippen molar-refractivity contribution < 1.29 is 23.4 Å².